The average Bonchev–Trinajstić information content (AvgIpc) is 3.57. The Labute approximate surface area is 302 Å². The Bertz CT molecular complexity index is 1720. The van der Waals surface area contributed by atoms with Gasteiger partial charge in [0.2, 0.25) is 11.9 Å². The maximum atomic E-state index is 13.1. The molecule has 0 bridgehead atoms. The number of amides is 1. The highest BCUT2D eigenvalue weighted by Crippen LogP contribution is 2.64. The first-order chi connectivity index (χ1) is 23.3. The van der Waals surface area contributed by atoms with Gasteiger partial charge in [-0.1, -0.05) is 41.5 Å². The fourth-order valence-electron chi connectivity index (χ4n) is 6.63. The van der Waals surface area contributed by atoms with Crippen LogP contribution in [0.5, 0.6) is 0 Å². The smallest absolute Gasteiger partial charge is 0.367 e. The lowest BCUT2D eigenvalue weighted by molar-refractivity contribution is -0.118. The summed E-state index contributed by atoms with van der Waals surface area (Å²) in [4.78, 5) is 38.9. The van der Waals surface area contributed by atoms with E-state index in [9.17, 15) is 18.0 Å². The number of aromatic nitrogens is 4. The van der Waals surface area contributed by atoms with E-state index < -0.39 is 59.1 Å². The molecule has 5 heterocycles. The minimum absolute atomic E-state index is 0.00889. The first-order valence-electron chi connectivity index (χ1n) is 17.2. The first kappa shape index (κ1) is 39.1. The van der Waals surface area contributed by atoms with Gasteiger partial charge in [-0.2, -0.15) is 15.6 Å². The van der Waals surface area contributed by atoms with Gasteiger partial charge in [0.1, 0.15) is 18.8 Å². The summed E-state index contributed by atoms with van der Waals surface area (Å²) in [7, 11) is -8.46. The molecule has 0 radical (unpaired) electrons. The summed E-state index contributed by atoms with van der Waals surface area (Å²) in [5.41, 5.74) is -0.321. The van der Waals surface area contributed by atoms with E-state index in [1.54, 1.807) is 23.3 Å². The minimum atomic E-state index is -3.17. The summed E-state index contributed by atoms with van der Waals surface area (Å²) in [6.07, 6.45) is -1.80. The van der Waals surface area contributed by atoms with Crippen molar-refractivity contribution in [2.45, 2.75) is 115 Å². The van der Waals surface area contributed by atoms with Crippen molar-refractivity contribution in [3.63, 3.8) is 0 Å². The number of aromatic amines is 1. The number of nitrogens with one attached hydrogen (secondary N) is 2. The number of anilines is 1. The number of carbonyl (C=O) groups excluding carboxylic acids is 1. The molecular formula is C31H52N6O9S3Si. The van der Waals surface area contributed by atoms with Gasteiger partial charge in [-0.25, -0.2) is 13.4 Å². The molecule has 3 aliphatic rings. The molecule has 2 aromatic rings. The predicted molar refractivity (Wildman–Crippen MR) is 199 cm³/mol. The number of H-pyrrole nitrogens is 1. The van der Waals surface area contributed by atoms with Gasteiger partial charge in [0.25, 0.3) is 10.7 Å². The van der Waals surface area contributed by atoms with Crippen LogP contribution < -0.4 is 10.9 Å². The zero-order chi connectivity index (χ0) is 36.9. The Morgan fingerprint density at radius 2 is 1.68 bits per heavy atom. The van der Waals surface area contributed by atoms with E-state index in [1.165, 1.54) is 6.33 Å². The van der Waals surface area contributed by atoms with Crippen molar-refractivity contribution in [3.05, 3.63) is 16.7 Å². The molecule has 2 aromatic heterocycles. The van der Waals surface area contributed by atoms with Gasteiger partial charge in [-0.3, -0.25) is 32.5 Å². The monoisotopic (exact) mass is 776 g/mol. The number of hydrogen-bond acceptors (Lipinski definition) is 12. The highest BCUT2D eigenvalue weighted by molar-refractivity contribution is 8.27. The number of ether oxygens (including phenoxy) is 2. The average molecular weight is 777 g/mol. The van der Waals surface area contributed by atoms with Gasteiger partial charge in [0, 0.05) is 29.5 Å². The second-order valence-corrected chi connectivity index (χ2v) is 25.2. The maximum absolute atomic E-state index is 13.1. The van der Waals surface area contributed by atoms with E-state index in [0.717, 1.165) is 0 Å². The molecule has 4 atom stereocenters. The van der Waals surface area contributed by atoms with E-state index in [1.807, 2.05) is 0 Å². The lowest BCUT2D eigenvalue weighted by Gasteiger charge is -2.58. The summed E-state index contributed by atoms with van der Waals surface area (Å²) in [6, 6.07) is 0. The Balaban J connectivity index is 1.63. The van der Waals surface area contributed by atoms with Gasteiger partial charge in [0.05, 0.1) is 17.8 Å². The number of carbonyl (C=O) groups is 1. The fourth-order valence-corrected chi connectivity index (χ4v) is 17.7. The molecule has 0 aromatic carbocycles. The SMILES string of the molecule is CC(C)C(=O)Nc1nc2c(ncn2[C@@H]2O[C@@H]3COS(C(C)C)(C(C)C)O[Si](C(C)C)(C(C)C)O[C@@H]3C2OC(=S)N2CCS(=O)(=O)CC2)c(=O)[nH]1. The zero-order valence-electron chi connectivity index (χ0n) is 30.5. The quantitative estimate of drug-likeness (QED) is 0.289. The number of imidazole rings is 1. The molecule has 19 heteroatoms. The molecule has 3 fully saturated rings. The molecule has 15 nitrogen and oxygen atoms in total. The molecule has 5 rings (SSSR count). The van der Waals surface area contributed by atoms with Gasteiger partial charge in [-0.15, -0.1) is 0 Å². The molecule has 50 heavy (non-hydrogen) atoms. The Kier molecular flexibility index (Phi) is 11.5. The predicted octanol–water partition coefficient (Wildman–Crippen LogP) is 4.16. The van der Waals surface area contributed by atoms with Crippen LogP contribution in [-0.2, 0) is 36.6 Å². The van der Waals surface area contributed by atoms with Crippen molar-refractivity contribution in [2.24, 2.45) is 5.92 Å². The number of fused-ring (bicyclic) bond motifs is 2. The van der Waals surface area contributed by atoms with Crippen molar-refractivity contribution in [1.29, 1.82) is 0 Å². The summed E-state index contributed by atoms with van der Waals surface area (Å²) >= 11 is 5.80. The van der Waals surface area contributed by atoms with Crippen molar-refractivity contribution in [2.75, 3.05) is 36.5 Å². The van der Waals surface area contributed by atoms with Crippen LogP contribution in [0.25, 0.3) is 11.2 Å². The Morgan fingerprint density at radius 3 is 2.24 bits per heavy atom. The second kappa shape index (κ2) is 14.7. The van der Waals surface area contributed by atoms with Gasteiger partial charge in [-0.05, 0) is 51.0 Å². The van der Waals surface area contributed by atoms with Gasteiger partial charge >= 0.3 is 8.56 Å². The standard InChI is InChI=1S/C31H52N6O9S3Si/c1-17(2)27(38)34-30-33-26-23(28(39)35-30)32-16-37(26)29-25(44-31(47)36-11-13-48(40,41)14-12-36)24-22(43-29)15-42-49(18(3)4,19(5)6)46-50(45-24,20(7)8)21(9)10/h16-22,24-25,29H,11-15H2,1-10H3,(H2,33,34,35,38,39)/t22-,24+,25?,29-/m1/s1. The summed E-state index contributed by atoms with van der Waals surface area (Å²) in [5, 5.41) is 2.89. The number of thiocarbonyl (C=S) groups is 1. The van der Waals surface area contributed by atoms with Crippen LogP contribution in [0.4, 0.5) is 5.95 Å². The molecule has 282 valence electrons. The Morgan fingerprint density at radius 1 is 1.06 bits per heavy atom. The number of nitrogens with zero attached hydrogens (tertiary/aromatic N) is 4. The van der Waals surface area contributed by atoms with Crippen LogP contribution in [0.3, 0.4) is 0 Å². The van der Waals surface area contributed by atoms with Crippen LogP contribution in [-0.4, -0.2) is 112 Å². The minimum Gasteiger partial charge on any atom is -0.460 e. The van der Waals surface area contributed by atoms with E-state index in [2.05, 4.69) is 75.7 Å². The highest BCUT2D eigenvalue weighted by Gasteiger charge is 2.60. The second-order valence-electron chi connectivity index (χ2n) is 14.6. The van der Waals surface area contributed by atoms with E-state index in [0.29, 0.717) is 0 Å². The topological polar surface area (TPSA) is 176 Å². The Hall–Kier alpha value is -2.13. The molecule has 0 saturated carbocycles. The summed E-state index contributed by atoms with van der Waals surface area (Å²) in [5.74, 6) is -0.784. The van der Waals surface area contributed by atoms with Crippen molar-refractivity contribution in [1.82, 2.24) is 24.4 Å². The van der Waals surface area contributed by atoms with Crippen molar-refractivity contribution < 1.29 is 35.2 Å². The molecular weight excluding hydrogens is 725 g/mol. The summed E-state index contributed by atoms with van der Waals surface area (Å²) in [6.45, 7) is 20.9. The van der Waals surface area contributed by atoms with Gasteiger partial charge < -0.3 is 18.8 Å². The molecule has 1 unspecified atom stereocenters. The molecule has 1 amide bonds. The van der Waals surface area contributed by atoms with Crippen molar-refractivity contribution >= 4 is 69.4 Å². The van der Waals surface area contributed by atoms with Crippen molar-refractivity contribution in [3.8, 4) is 0 Å². The molecule has 3 aliphatic heterocycles. The van der Waals surface area contributed by atoms with E-state index in [4.69, 9.17) is 34.2 Å². The van der Waals surface area contributed by atoms with E-state index in [-0.39, 0.29) is 86.9 Å². The maximum Gasteiger partial charge on any atom is 0.367 e. The van der Waals surface area contributed by atoms with E-state index >= 15 is 0 Å². The largest absolute Gasteiger partial charge is 0.460 e. The van der Waals surface area contributed by atoms with Crippen LogP contribution >= 0.6 is 22.8 Å². The van der Waals surface area contributed by atoms with Crippen LogP contribution in [0.1, 0.15) is 75.5 Å². The molecule has 0 aliphatic carbocycles. The number of sulfone groups is 1. The third-order valence-corrected chi connectivity index (χ3v) is 20.6. The molecule has 2 N–H and O–H groups in total. The van der Waals surface area contributed by atoms with Crippen LogP contribution in [0.15, 0.2) is 11.1 Å². The third-order valence-electron chi connectivity index (χ3n) is 9.52. The normalized spacial score (nSPS) is 27.1. The fraction of sp³-hybridized carbons (Fsp3) is 0.774. The molecule has 0 spiro atoms. The van der Waals surface area contributed by atoms with Gasteiger partial charge in [0.15, 0.2) is 33.3 Å². The first-order valence-corrected chi connectivity index (χ1v) is 23.1. The number of rotatable bonds is 8. The van der Waals surface area contributed by atoms with Crippen LogP contribution in [0.2, 0.25) is 11.1 Å². The third kappa shape index (κ3) is 7.38. The lowest BCUT2D eigenvalue weighted by Crippen LogP contribution is -2.58. The lowest BCUT2D eigenvalue weighted by atomic mass is 10.1. The molecule has 3 saturated heterocycles. The van der Waals surface area contributed by atoms with Crippen LogP contribution in [0, 0.1) is 5.92 Å². The summed E-state index contributed by atoms with van der Waals surface area (Å²) < 4.78 is 61.0. The zero-order valence-corrected chi connectivity index (χ0v) is 33.9. The number of hydrogen-bond donors (Lipinski definition) is 2. The highest BCUT2D eigenvalue weighted by atomic mass is 32.3.